The van der Waals surface area contributed by atoms with E-state index in [1.54, 1.807) is 6.08 Å². The standard InChI is InChI=1S/C57H103N2O6P/c1-6-8-10-12-14-16-18-20-21-22-23-24-25-26-27-28-29-30-31-32-33-34-35-36-37-39-41-43-45-47-49-51-57(61)58-55(54-65-66(62,63)64-53-52-59(3,4)5)56(60)50-48-46-44-42-40-38-19-17-15-13-11-9-7-2/h8,10,14-17,20-21,23-24,40,42,48,50,55-56,60H,6-7,9,11-13,18-19,22,25-39,41,43-47,49,51-54H2,1-5H3,(H-,58,61,62,63)/p+1/b10-8-,16-14-,17-15+,21-20-,24-23-,42-40+,50-48+. The molecule has 3 atom stereocenters. The highest BCUT2D eigenvalue weighted by Crippen LogP contribution is 2.43. The van der Waals surface area contributed by atoms with Crippen molar-refractivity contribution >= 4 is 13.7 Å². The van der Waals surface area contributed by atoms with Gasteiger partial charge in [0.05, 0.1) is 39.9 Å². The number of nitrogens with one attached hydrogen (secondary N) is 1. The number of hydrogen-bond donors (Lipinski definition) is 3. The van der Waals surface area contributed by atoms with Crippen molar-refractivity contribution in [1.29, 1.82) is 0 Å². The molecule has 382 valence electrons. The summed E-state index contributed by atoms with van der Waals surface area (Å²) >= 11 is 0. The summed E-state index contributed by atoms with van der Waals surface area (Å²) in [6, 6.07) is -0.871. The molecule has 3 N–H and O–H groups in total. The predicted octanol–water partition coefficient (Wildman–Crippen LogP) is 16.1. The lowest BCUT2D eigenvalue weighted by atomic mass is 10.0. The van der Waals surface area contributed by atoms with Gasteiger partial charge < -0.3 is 19.8 Å². The first kappa shape index (κ1) is 63.7. The quantitative estimate of drug-likeness (QED) is 0.0243. The number of rotatable bonds is 48. The van der Waals surface area contributed by atoms with Crippen molar-refractivity contribution in [2.24, 2.45) is 0 Å². The maximum Gasteiger partial charge on any atom is 0.472 e. The van der Waals surface area contributed by atoms with Crippen LogP contribution in [-0.2, 0) is 18.4 Å². The minimum Gasteiger partial charge on any atom is -0.387 e. The zero-order valence-electron chi connectivity index (χ0n) is 43.4. The van der Waals surface area contributed by atoms with Gasteiger partial charge in [-0.15, -0.1) is 0 Å². The summed E-state index contributed by atoms with van der Waals surface area (Å²) in [5.74, 6) is -0.193. The van der Waals surface area contributed by atoms with Crippen molar-refractivity contribution in [3.05, 3.63) is 85.1 Å². The van der Waals surface area contributed by atoms with Crippen molar-refractivity contribution in [1.82, 2.24) is 5.32 Å². The average Bonchev–Trinajstić information content (AvgIpc) is 3.28. The molecular weight excluding hydrogens is 840 g/mol. The monoisotopic (exact) mass is 944 g/mol. The van der Waals surface area contributed by atoms with Crippen LogP contribution in [0.1, 0.15) is 219 Å². The van der Waals surface area contributed by atoms with Crippen LogP contribution in [0.4, 0.5) is 0 Å². The van der Waals surface area contributed by atoms with Gasteiger partial charge in [0.25, 0.3) is 0 Å². The van der Waals surface area contributed by atoms with Gasteiger partial charge in [0, 0.05) is 6.42 Å². The number of nitrogens with zero attached hydrogens (tertiary/aromatic N) is 1. The van der Waals surface area contributed by atoms with E-state index < -0.39 is 20.0 Å². The summed E-state index contributed by atoms with van der Waals surface area (Å²) in [6.07, 6.45) is 66.9. The Kier molecular flexibility index (Phi) is 46.1. The Morgan fingerprint density at radius 1 is 0.530 bits per heavy atom. The summed E-state index contributed by atoms with van der Waals surface area (Å²) in [4.78, 5) is 23.2. The molecule has 0 heterocycles. The second-order valence-corrected chi connectivity index (χ2v) is 20.7. The topological polar surface area (TPSA) is 105 Å². The third-order valence-corrected chi connectivity index (χ3v) is 12.6. The SMILES string of the molecule is CC/C=C\C/C=C\C/C=C\C/C=C\CCCCCCCCCCCCCCCCCCCCC(=O)NC(COP(=O)(O)OCC[N+](C)(C)C)C(O)/C=C/CC/C=C/CC/C=C/CCCCC. The molecule has 0 aliphatic rings. The number of likely N-dealkylation sites (N-methyl/N-ethyl adjacent to an activating group) is 1. The van der Waals surface area contributed by atoms with E-state index in [-0.39, 0.29) is 19.1 Å². The molecule has 0 rings (SSSR count). The number of carbonyl (C=O) groups excluding carboxylic acids is 1. The molecule has 0 aromatic carbocycles. The fraction of sp³-hybridized carbons (Fsp3) is 0.737. The number of phosphoric ester groups is 1. The Labute approximate surface area is 407 Å². The van der Waals surface area contributed by atoms with Crippen molar-refractivity contribution in [2.45, 2.75) is 231 Å². The summed E-state index contributed by atoms with van der Waals surface area (Å²) < 4.78 is 23.6. The Hall–Kier alpha value is -2.32. The van der Waals surface area contributed by atoms with E-state index in [0.717, 1.165) is 77.0 Å². The number of unbranched alkanes of at least 4 members (excludes halogenated alkanes) is 23. The maximum absolute atomic E-state index is 12.9. The lowest BCUT2D eigenvalue weighted by Gasteiger charge is -2.25. The number of aliphatic hydroxyl groups excluding tert-OH is 1. The van der Waals surface area contributed by atoms with Crippen molar-refractivity contribution in [3.8, 4) is 0 Å². The average molecular weight is 944 g/mol. The van der Waals surface area contributed by atoms with Crippen LogP contribution in [0.5, 0.6) is 0 Å². The molecule has 66 heavy (non-hydrogen) atoms. The van der Waals surface area contributed by atoms with E-state index in [0.29, 0.717) is 17.4 Å². The molecule has 8 nitrogen and oxygen atoms in total. The van der Waals surface area contributed by atoms with Gasteiger partial charge in [-0.1, -0.05) is 214 Å². The highest BCUT2D eigenvalue weighted by atomic mass is 31.2. The van der Waals surface area contributed by atoms with Crippen molar-refractivity contribution in [2.75, 3.05) is 40.9 Å². The Bertz CT molecular complexity index is 1350. The van der Waals surface area contributed by atoms with Crippen LogP contribution in [0.25, 0.3) is 0 Å². The summed E-state index contributed by atoms with van der Waals surface area (Å²) in [5.41, 5.74) is 0. The van der Waals surface area contributed by atoms with Crippen LogP contribution in [0.2, 0.25) is 0 Å². The van der Waals surface area contributed by atoms with Gasteiger partial charge in [0.2, 0.25) is 5.91 Å². The summed E-state index contributed by atoms with van der Waals surface area (Å²) in [7, 11) is 1.54. The zero-order valence-corrected chi connectivity index (χ0v) is 44.3. The van der Waals surface area contributed by atoms with E-state index in [4.69, 9.17) is 9.05 Å². The molecule has 1 amide bonds. The van der Waals surface area contributed by atoms with E-state index in [1.165, 1.54) is 122 Å². The Morgan fingerprint density at radius 3 is 1.39 bits per heavy atom. The molecule has 0 aliphatic heterocycles. The summed E-state index contributed by atoms with van der Waals surface area (Å²) in [5, 5.41) is 13.8. The minimum absolute atomic E-state index is 0.0512. The molecule has 0 bridgehead atoms. The van der Waals surface area contributed by atoms with Gasteiger partial charge in [0.1, 0.15) is 13.2 Å². The third-order valence-electron chi connectivity index (χ3n) is 11.6. The van der Waals surface area contributed by atoms with Gasteiger partial charge in [-0.3, -0.25) is 13.8 Å². The molecule has 0 aromatic rings. The highest BCUT2D eigenvalue weighted by Gasteiger charge is 2.27. The predicted molar refractivity (Wildman–Crippen MR) is 286 cm³/mol. The molecule has 0 aliphatic carbocycles. The largest absolute Gasteiger partial charge is 0.472 e. The molecule has 9 heteroatoms. The smallest absolute Gasteiger partial charge is 0.387 e. The lowest BCUT2D eigenvalue weighted by molar-refractivity contribution is -0.870. The van der Waals surface area contributed by atoms with Crippen LogP contribution in [0.3, 0.4) is 0 Å². The van der Waals surface area contributed by atoms with Crippen molar-refractivity contribution in [3.63, 3.8) is 0 Å². The number of aliphatic hydroxyl groups is 1. The molecule has 3 unspecified atom stereocenters. The second-order valence-electron chi connectivity index (χ2n) is 19.2. The first-order valence-electron chi connectivity index (χ1n) is 27.0. The fourth-order valence-corrected chi connectivity index (χ4v) is 8.09. The second kappa shape index (κ2) is 47.7. The van der Waals surface area contributed by atoms with Gasteiger partial charge in [-0.05, 0) is 83.5 Å². The Balaban J connectivity index is 4.11. The lowest BCUT2D eigenvalue weighted by Crippen LogP contribution is -2.45. The molecular formula is C57H104N2O6P+. The Morgan fingerprint density at radius 2 is 0.924 bits per heavy atom. The normalized spacial score (nSPS) is 14.7. The van der Waals surface area contributed by atoms with Crippen LogP contribution in [0.15, 0.2) is 85.1 Å². The third kappa shape index (κ3) is 49.6. The molecule has 0 saturated carbocycles. The number of carbonyl (C=O) groups is 1. The molecule has 0 saturated heterocycles. The zero-order chi connectivity index (χ0) is 48.5. The molecule has 0 radical (unpaired) electrons. The first-order chi connectivity index (χ1) is 32.0. The van der Waals surface area contributed by atoms with E-state index >= 15 is 0 Å². The number of phosphoric acid groups is 1. The summed E-state index contributed by atoms with van der Waals surface area (Å²) in [6.45, 7) is 4.63. The molecule has 0 aromatic heterocycles. The number of amides is 1. The van der Waals surface area contributed by atoms with Crippen LogP contribution in [-0.4, -0.2) is 73.4 Å². The molecule has 0 spiro atoms. The number of quaternary nitrogens is 1. The highest BCUT2D eigenvalue weighted by molar-refractivity contribution is 7.47. The van der Waals surface area contributed by atoms with E-state index in [9.17, 15) is 19.4 Å². The van der Waals surface area contributed by atoms with Crippen LogP contribution in [0, 0.1) is 0 Å². The van der Waals surface area contributed by atoms with Gasteiger partial charge >= 0.3 is 7.82 Å². The van der Waals surface area contributed by atoms with Crippen LogP contribution >= 0.6 is 7.82 Å². The van der Waals surface area contributed by atoms with Gasteiger partial charge in [0.15, 0.2) is 0 Å². The fourth-order valence-electron chi connectivity index (χ4n) is 7.36. The van der Waals surface area contributed by atoms with Crippen LogP contribution < -0.4 is 5.32 Å². The maximum atomic E-state index is 12.9. The number of hydrogen-bond acceptors (Lipinski definition) is 5. The van der Waals surface area contributed by atoms with E-state index in [1.807, 2.05) is 27.2 Å². The van der Waals surface area contributed by atoms with E-state index in [2.05, 4.69) is 92.1 Å². The first-order valence-corrected chi connectivity index (χ1v) is 28.5. The van der Waals surface area contributed by atoms with Gasteiger partial charge in [-0.2, -0.15) is 0 Å². The van der Waals surface area contributed by atoms with Crippen molar-refractivity contribution < 1.29 is 32.9 Å². The number of allylic oxidation sites excluding steroid dienone is 13. The molecule has 0 fully saturated rings. The van der Waals surface area contributed by atoms with Gasteiger partial charge in [-0.25, -0.2) is 4.57 Å². The minimum atomic E-state index is -4.36.